The zero-order valence-corrected chi connectivity index (χ0v) is 14.1. The summed E-state index contributed by atoms with van der Waals surface area (Å²) in [6.07, 6.45) is 4.15. The fourth-order valence-corrected chi connectivity index (χ4v) is 2.38. The molecule has 2 rings (SSSR count). The summed E-state index contributed by atoms with van der Waals surface area (Å²) >= 11 is 0. The maximum atomic E-state index is 11.8. The van der Waals surface area contributed by atoms with Gasteiger partial charge in [0.1, 0.15) is 0 Å². The van der Waals surface area contributed by atoms with Crippen molar-refractivity contribution in [3.63, 3.8) is 0 Å². The fraction of sp³-hybridized carbons (Fsp3) is 0.529. The van der Waals surface area contributed by atoms with Gasteiger partial charge in [-0.3, -0.25) is 0 Å². The van der Waals surface area contributed by atoms with Crippen LogP contribution in [0.2, 0.25) is 0 Å². The fourth-order valence-electron chi connectivity index (χ4n) is 2.38. The molecule has 7 nitrogen and oxygen atoms in total. The Kier molecular flexibility index (Phi) is 7.35. The molecule has 1 atom stereocenters. The highest BCUT2D eigenvalue weighted by molar-refractivity contribution is 5.91. The highest BCUT2D eigenvalue weighted by Gasteiger charge is 2.16. The van der Waals surface area contributed by atoms with E-state index in [0.29, 0.717) is 24.5 Å². The lowest BCUT2D eigenvalue weighted by atomic mass is 10.2. The predicted molar refractivity (Wildman–Crippen MR) is 94.4 cm³/mol. The average Bonchev–Trinajstić information content (AvgIpc) is 3.08. The maximum absolute atomic E-state index is 11.8. The number of hydrogen-bond acceptors (Lipinski definition) is 3. The lowest BCUT2D eigenvalue weighted by Crippen LogP contribution is -2.35. The van der Waals surface area contributed by atoms with Crippen molar-refractivity contribution < 1.29 is 14.3 Å². The number of ether oxygens (including phenoxy) is 1. The first-order chi connectivity index (χ1) is 11.7. The number of amides is 4. The van der Waals surface area contributed by atoms with Crippen molar-refractivity contribution in [1.82, 2.24) is 10.6 Å². The molecule has 1 saturated heterocycles. The molecule has 0 radical (unpaired) electrons. The Balaban J connectivity index is 1.70. The number of hydrogen-bond donors (Lipinski definition) is 4. The smallest absolute Gasteiger partial charge is 0.319 e. The summed E-state index contributed by atoms with van der Waals surface area (Å²) in [5.41, 5.74) is 1.34. The summed E-state index contributed by atoms with van der Waals surface area (Å²) in [6, 6.07) is 6.49. The van der Waals surface area contributed by atoms with Gasteiger partial charge in [-0.15, -0.1) is 0 Å². The molecule has 1 aliphatic heterocycles. The van der Waals surface area contributed by atoms with Crippen LogP contribution in [0.3, 0.4) is 0 Å². The number of unbranched alkanes of at least 4 members (excludes halogenated alkanes) is 1. The van der Waals surface area contributed by atoms with Crippen LogP contribution in [0.5, 0.6) is 0 Å². The van der Waals surface area contributed by atoms with Crippen molar-refractivity contribution in [3.05, 3.63) is 24.3 Å². The Morgan fingerprint density at radius 1 is 1.08 bits per heavy atom. The van der Waals surface area contributed by atoms with E-state index in [0.717, 1.165) is 32.3 Å². The Morgan fingerprint density at radius 3 is 2.25 bits per heavy atom. The molecule has 4 amide bonds. The van der Waals surface area contributed by atoms with Gasteiger partial charge in [0.15, 0.2) is 0 Å². The quantitative estimate of drug-likeness (QED) is 0.578. The molecule has 0 bridgehead atoms. The molecule has 1 unspecified atom stereocenters. The topological polar surface area (TPSA) is 91.5 Å². The SMILES string of the molecule is CCCCNC(=O)Nc1ccc(NC(=O)NCC2CCCO2)cc1. The largest absolute Gasteiger partial charge is 0.376 e. The Hall–Kier alpha value is -2.28. The molecule has 7 heteroatoms. The third-order valence-corrected chi connectivity index (χ3v) is 3.73. The highest BCUT2D eigenvalue weighted by atomic mass is 16.5. The van der Waals surface area contributed by atoms with Crippen LogP contribution in [0.15, 0.2) is 24.3 Å². The van der Waals surface area contributed by atoms with E-state index in [-0.39, 0.29) is 18.2 Å². The van der Waals surface area contributed by atoms with Gasteiger partial charge in [0.2, 0.25) is 0 Å². The van der Waals surface area contributed by atoms with Gasteiger partial charge in [-0.25, -0.2) is 9.59 Å². The predicted octanol–water partition coefficient (Wildman–Crippen LogP) is 2.91. The van der Waals surface area contributed by atoms with E-state index >= 15 is 0 Å². The zero-order chi connectivity index (χ0) is 17.2. The van der Waals surface area contributed by atoms with E-state index in [1.807, 2.05) is 0 Å². The molecule has 1 aromatic carbocycles. The second-order valence-corrected chi connectivity index (χ2v) is 5.78. The van der Waals surface area contributed by atoms with E-state index in [1.54, 1.807) is 24.3 Å². The third kappa shape index (κ3) is 6.45. The number of urea groups is 2. The van der Waals surface area contributed by atoms with E-state index < -0.39 is 0 Å². The lowest BCUT2D eigenvalue weighted by molar-refractivity contribution is 0.112. The molecular weight excluding hydrogens is 308 g/mol. The average molecular weight is 334 g/mol. The molecule has 0 aliphatic carbocycles. The highest BCUT2D eigenvalue weighted by Crippen LogP contribution is 2.14. The standard InChI is InChI=1S/C17H26N4O3/c1-2-3-10-18-16(22)20-13-6-8-14(9-7-13)21-17(23)19-12-15-5-4-11-24-15/h6-9,15H,2-5,10-12H2,1H3,(H2,18,20,22)(H2,19,21,23). The van der Waals surface area contributed by atoms with E-state index in [2.05, 4.69) is 28.2 Å². The number of nitrogens with one attached hydrogen (secondary N) is 4. The first kappa shape index (κ1) is 18.1. The Bertz CT molecular complexity index is 527. The molecule has 0 saturated carbocycles. The monoisotopic (exact) mass is 334 g/mol. The number of anilines is 2. The number of benzene rings is 1. The van der Waals surface area contributed by atoms with E-state index in [9.17, 15) is 9.59 Å². The van der Waals surface area contributed by atoms with Crippen molar-refractivity contribution in [1.29, 1.82) is 0 Å². The summed E-state index contributed by atoms with van der Waals surface area (Å²) in [7, 11) is 0. The minimum atomic E-state index is -0.261. The summed E-state index contributed by atoms with van der Waals surface area (Å²) in [6.45, 7) is 4.02. The molecule has 1 aliphatic rings. The molecule has 4 N–H and O–H groups in total. The molecule has 0 aromatic heterocycles. The van der Waals surface area contributed by atoms with Crippen LogP contribution >= 0.6 is 0 Å². The summed E-state index contributed by atoms with van der Waals surface area (Å²) in [5, 5.41) is 11.1. The van der Waals surface area contributed by atoms with Crippen molar-refractivity contribution >= 4 is 23.4 Å². The summed E-state index contributed by atoms with van der Waals surface area (Å²) < 4.78 is 5.45. The Morgan fingerprint density at radius 2 is 1.71 bits per heavy atom. The van der Waals surface area contributed by atoms with Gasteiger partial charge < -0.3 is 26.0 Å². The van der Waals surface area contributed by atoms with Crippen LogP contribution in [-0.4, -0.2) is 37.9 Å². The number of carbonyl (C=O) groups excluding carboxylic acids is 2. The number of rotatable bonds is 7. The van der Waals surface area contributed by atoms with Crippen LogP contribution in [0.1, 0.15) is 32.6 Å². The molecule has 0 spiro atoms. The second-order valence-electron chi connectivity index (χ2n) is 5.78. The second kappa shape index (κ2) is 9.77. The molecule has 1 heterocycles. The summed E-state index contributed by atoms with van der Waals surface area (Å²) in [4.78, 5) is 23.5. The molecule has 1 fully saturated rings. The van der Waals surface area contributed by atoms with E-state index in [1.165, 1.54) is 0 Å². The van der Waals surface area contributed by atoms with Gasteiger partial charge in [0.25, 0.3) is 0 Å². The first-order valence-corrected chi connectivity index (χ1v) is 8.48. The molecule has 1 aromatic rings. The van der Waals surface area contributed by atoms with Crippen LogP contribution in [0.4, 0.5) is 21.0 Å². The van der Waals surface area contributed by atoms with Gasteiger partial charge >= 0.3 is 12.1 Å². The van der Waals surface area contributed by atoms with Crippen LogP contribution in [0, 0.1) is 0 Å². The van der Waals surface area contributed by atoms with Gasteiger partial charge in [-0.2, -0.15) is 0 Å². The summed E-state index contributed by atoms with van der Waals surface area (Å²) in [5.74, 6) is 0. The minimum Gasteiger partial charge on any atom is -0.376 e. The van der Waals surface area contributed by atoms with Crippen molar-refractivity contribution in [3.8, 4) is 0 Å². The van der Waals surface area contributed by atoms with Crippen molar-refractivity contribution in [2.45, 2.75) is 38.7 Å². The molecule has 132 valence electrons. The van der Waals surface area contributed by atoms with Crippen molar-refractivity contribution in [2.24, 2.45) is 0 Å². The molecule has 24 heavy (non-hydrogen) atoms. The normalized spacial score (nSPS) is 16.5. The van der Waals surface area contributed by atoms with Crippen molar-refractivity contribution in [2.75, 3.05) is 30.3 Å². The van der Waals surface area contributed by atoms with Gasteiger partial charge in [-0.05, 0) is 43.5 Å². The van der Waals surface area contributed by atoms with Gasteiger partial charge in [0, 0.05) is 31.1 Å². The van der Waals surface area contributed by atoms with Crippen LogP contribution < -0.4 is 21.3 Å². The zero-order valence-electron chi connectivity index (χ0n) is 14.1. The Labute approximate surface area is 142 Å². The van der Waals surface area contributed by atoms with Gasteiger partial charge in [0.05, 0.1) is 6.10 Å². The first-order valence-electron chi connectivity index (χ1n) is 8.48. The van der Waals surface area contributed by atoms with Crippen LogP contribution in [-0.2, 0) is 4.74 Å². The minimum absolute atomic E-state index is 0.119. The number of carbonyl (C=O) groups is 2. The third-order valence-electron chi connectivity index (χ3n) is 3.73. The van der Waals surface area contributed by atoms with E-state index in [4.69, 9.17) is 4.74 Å². The lowest BCUT2D eigenvalue weighted by Gasteiger charge is -2.12. The van der Waals surface area contributed by atoms with Crippen LogP contribution in [0.25, 0.3) is 0 Å². The van der Waals surface area contributed by atoms with Gasteiger partial charge in [-0.1, -0.05) is 13.3 Å². The molecular formula is C17H26N4O3. The maximum Gasteiger partial charge on any atom is 0.319 e.